The molecule has 0 radical (unpaired) electrons. The summed E-state index contributed by atoms with van der Waals surface area (Å²) in [6.45, 7) is 2.25. The summed E-state index contributed by atoms with van der Waals surface area (Å²) >= 11 is 6.68. The van der Waals surface area contributed by atoms with E-state index in [0.29, 0.717) is 40.4 Å². The molecule has 5 heteroatoms. The van der Waals surface area contributed by atoms with Crippen molar-refractivity contribution < 1.29 is 9.59 Å². The van der Waals surface area contributed by atoms with Gasteiger partial charge in [0.25, 0.3) is 0 Å². The SMILES string of the molecule is CCC1CC2NC1c1c(C(=O)CBr)ccc(C3CCC(C(=O)CBr)CC3)c12. The molecule has 1 aliphatic carbocycles. The van der Waals surface area contributed by atoms with Crippen molar-refractivity contribution in [2.75, 3.05) is 10.7 Å². The van der Waals surface area contributed by atoms with Gasteiger partial charge in [0.2, 0.25) is 0 Å². The second-order valence-corrected chi connectivity index (χ2v) is 9.46. The fourth-order valence-corrected chi connectivity index (χ4v) is 6.43. The summed E-state index contributed by atoms with van der Waals surface area (Å²) in [5.74, 6) is 1.92. The Labute approximate surface area is 178 Å². The maximum atomic E-state index is 12.6. The molecule has 27 heavy (non-hydrogen) atoms. The van der Waals surface area contributed by atoms with Gasteiger partial charge in [0.1, 0.15) is 5.78 Å². The lowest BCUT2D eigenvalue weighted by atomic mass is 9.71. The van der Waals surface area contributed by atoms with Gasteiger partial charge in [-0.3, -0.25) is 9.59 Å². The summed E-state index contributed by atoms with van der Waals surface area (Å²) in [5, 5.41) is 4.66. The molecule has 0 amide bonds. The van der Waals surface area contributed by atoms with Crippen LogP contribution < -0.4 is 5.32 Å². The van der Waals surface area contributed by atoms with E-state index in [1.807, 2.05) is 0 Å². The molecule has 3 atom stereocenters. The minimum Gasteiger partial charge on any atom is -0.303 e. The third-order valence-electron chi connectivity index (χ3n) is 7.07. The highest BCUT2D eigenvalue weighted by atomic mass is 79.9. The Morgan fingerprint density at radius 2 is 1.81 bits per heavy atom. The molecule has 1 N–H and O–H groups in total. The number of halogens is 2. The van der Waals surface area contributed by atoms with Crippen molar-refractivity contribution in [2.45, 2.75) is 63.5 Å². The predicted octanol–water partition coefficient (Wildman–Crippen LogP) is 5.62. The fourth-order valence-electron chi connectivity index (χ4n) is 5.67. The number of carbonyl (C=O) groups excluding carboxylic acids is 2. The minimum atomic E-state index is 0.189. The first-order chi connectivity index (χ1) is 13.1. The lowest BCUT2D eigenvalue weighted by molar-refractivity contribution is -0.121. The summed E-state index contributed by atoms with van der Waals surface area (Å²) < 4.78 is 0. The topological polar surface area (TPSA) is 46.2 Å². The number of nitrogens with one attached hydrogen (secondary N) is 1. The van der Waals surface area contributed by atoms with Gasteiger partial charge in [-0.25, -0.2) is 0 Å². The molecule has 1 saturated carbocycles. The lowest BCUT2D eigenvalue weighted by Crippen LogP contribution is -2.23. The number of fused-ring (bicyclic) bond motifs is 5. The van der Waals surface area contributed by atoms with Gasteiger partial charge in [-0.15, -0.1) is 0 Å². The van der Waals surface area contributed by atoms with E-state index in [1.54, 1.807) is 0 Å². The van der Waals surface area contributed by atoms with Crippen LogP contribution in [0.3, 0.4) is 0 Å². The lowest BCUT2D eigenvalue weighted by Gasteiger charge is -2.32. The van der Waals surface area contributed by atoms with Gasteiger partial charge in [0, 0.05) is 23.6 Å². The Bertz CT molecular complexity index is 755. The van der Waals surface area contributed by atoms with Gasteiger partial charge >= 0.3 is 0 Å². The first-order valence-corrected chi connectivity index (χ1v) is 12.4. The van der Waals surface area contributed by atoms with Gasteiger partial charge < -0.3 is 5.32 Å². The first-order valence-electron chi connectivity index (χ1n) is 10.2. The molecule has 2 fully saturated rings. The summed E-state index contributed by atoms with van der Waals surface area (Å²) in [7, 11) is 0. The van der Waals surface area contributed by atoms with Crippen LogP contribution in [-0.2, 0) is 4.79 Å². The zero-order chi connectivity index (χ0) is 19.1. The third kappa shape index (κ3) is 3.38. The van der Waals surface area contributed by atoms with E-state index >= 15 is 0 Å². The normalized spacial score (nSPS) is 31.7. The van der Waals surface area contributed by atoms with E-state index in [0.717, 1.165) is 37.7 Å². The molecule has 0 spiro atoms. The van der Waals surface area contributed by atoms with Crippen molar-refractivity contribution in [1.29, 1.82) is 0 Å². The van der Waals surface area contributed by atoms with E-state index in [-0.39, 0.29) is 11.7 Å². The van der Waals surface area contributed by atoms with Crippen LogP contribution in [0.1, 0.15) is 90.5 Å². The molecule has 1 saturated heterocycles. The van der Waals surface area contributed by atoms with Gasteiger partial charge in [0.05, 0.1) is 10.7 Å². The smallest absolute Gasteiger partial charge is 0.173 e. The van der Waals surface area contributed by atoms with Crippen LogP contribution in [0.4, 0.5) is 0 Å². The highest BCUT2D eigenvalue weighted by Crippen LogP contribution is 2.54. The van der Waals surface area contributed by atoms with Crippen molar-refractivity contribution in [2.24, 2.45) is 11.8 Å². The highest BCUT2D eigenvalue weighted by Gasteiger charge is 2.46. The van der Waals surface area contributed by atoms with Crippen molar-refractivity contribution in [1.82, 2.24) is 5.32 Å². The number of alkyl halides is 2. The largest absolute Gasteiger partial charge is 0.303 e. The van der Waals surface area contributed by atoms with Gasteiger partial charge in [-0.1, -0.05) is 57.3 Å². The molecular weight excluding hydrogens is 470 g/mol. The highest BCUT2D eigenvalue weighted by molar-refractivity contribution is 9.09. The Kier molecular flexibility index (Phi) is 5.92. The Balaban J connectivity index is 1.67. The zero-order valence-corrected chi connectivity index (χ0v) is 18.9. The van der Waals surface area contributed by atoms with E-state index in [9.17, 15) is 9.59 Å². The number of ketones is 2. The average molecular weight is 497 g/mol. The number of hydrogen-bond acceptors (Lipinski definition) is 3. The van der Waals surface area contributed by atoms with Crippen molar-refractivity contribution in [3.8, 4) is 0 Å². The molecule has 1 aromatic rings. The number of carbonyl (C=O) groups is 2. The number of benzene rings is 1. The summed E-state index contributed by atoms with van der Waals surface area (Å²) in [4.78, 5) is 24.6. The summed E-state index contributed by atoms with van der Waals surface area (Å²) in [5.41, 5.74) is 5.06. The van der Waals surface area contributed by atoms with Gasteiger partial charge in [-0.05, 0) is 60.6 Å². The third-order valence-corrected chi connectivity index (χ3v) is 8.13. The molecular formula is C22H27Br2NO2. The second-order valence-electron chi connectivity index (χ2n) is 8.34. The van der Waals surface area contributed by atoms with Crippen LogP contribution in [0.2, 0.25) is 0 Å². The number of Topliss-reactive ketones (excluding diaryl/α,β-unsaturated/α-hetero) is 2. The molecule has 2 heterocycles. The Morgan fingerprint density at radius 3 is 2.44 bits per heavy atom. The molecule has 3 unspecified atom stereocenters. The van der Waals surface area contributed by atoms with Crippen molar-refractivity contribution in [3.63, 3.8) is 0 Å². The minimum absolute atomic E-state index is 0.189. The molecule has 146 valence electrons. The Morgan fingerprint density at radius 1 is 1.07 bits per heavy atom. The number of hydrogen-bond donors (Lipinski definition) is 1. The van der Waals surface area contributed by atoms with E-state index in [4.69, 9.17) is 0 Å². The number of rotatable bonds is 6. The molecule has 4 rings (SSSR count). The Hall–Kier alpha value is -0.520. The van der Waals surface area contributed by atoms with Crippen LogP contribution in [0.5, 0.6) is 0 Å². The predicted molar refractivity (Wildman–Crippen MR) is 115 cm³/mol. The van der Waals surface area contributed by atoms with Crippen molar-refractivity contribution in [3.05, 3.63) is 34.4 Å². The van der Waals surface area contributed by atoms with E-state index in [2.05, 4.69) is 56.2 Å². The molecule has 1 aromatic carbocycles. The zero-order valence-electron chi connectivity index (χ0n) is 15.8. The van der Waals surface area contributed by atoms with E-state index in [1.165, 1.54) is 23.1 Å². The van der Waals surface area contributed by atoms with Crippen LogP contribution in [0, 0.1) is 11.8 Å². The van der Waals surface area contributed by atoms with Crippen LogP contribution in [0.15, 0.2) is 12.1 Å². The molecule has 0 aromatic heterocycles. The standard InChI is InChI=1S/C22H27Br2NO2/c1-2-12-9-17-20-15(13-3-5-14(6-4-13)18(26)10-23)7-8-16(19(27)11-24)21(20)22(12)25-17/h7-8,12-14,17,22,25H,2-6,9-11H2,1H3. The average Bonchev–Trinajstić information content (AvgIpc) is 3.31. The molecule has 2 bridgehead atoms. The fraction of sp³-hybridized carbons (Fsp3) is 0.636. The van der Waals surface area contributed by atoms with E-state index < -0.39 is 0 Å². The monoisotopic (exact) mass is 495 g/mol. The van der Waals surface area contributed by atoms with Crippen LogP contribution >= 0.6 is 31.9 Å². The molecule has 3 nitrogen and oxygen atoms in total. The van der Waals surface area contributed by atoms with Gasteiger partial charge in [-0.2, -0.15) is 0 Å². The molecule has 2 aliphatic heterocycles. The maximum absolute atomic E-state index is 12.6. The van der Waals surface area contributed by atoms with Crippen LogP contribution in [0.25, 0.3) is 0 Å². The van der Waals surface area contributed by atoms with Crippen LogP contribution in [-0.4, -0.2) is 22.2 Å². The first kappa shape index (κ1) is 19.8. The molecule has 3 aliphatic rings. The second kappa shape index (κ2) is 8.08. The summed E-state index contributed by atoms with van der Waals surface area (Å²) in [6.07, 6.45) is 6.48. The van der Waals surface area contributed by atoms with Crippen molar-refractivity contribution >= 4 is 43.4 Å². The quantitative estimate of drug-likeness (QED) is 0.410. The van der Waals surface area contributed by atoms with Gasteiger partial charge in [0.15, 0.2) is 5.78 Å². The maximum Gasteiger partial charge on any atom is 0.173 e. The summed E-state index contributed by atoms with van der Waals surface area (Å²) in [6, 6.07) is 5.02.